The molecule has 19 heavy (non-hydrogen) atoms. The predicted molar refractivity (Wildman–Crippen MR) is 60.3 cm³/mol. The molecule has 112 valence electrons. The Morgan fingerprint density at radius 2 is 1.84 bits per heavy atom. The van der Waals surface area contributed by atoms with Crippen LogP contribution < -0.4 is 0 Å². The van der Waals surface area contributed by atoms with Gasteiger partial charge >= 0.3 is 18.1 Å². The predicted octanol–water partition coefficient (Wildman–Crippen LogP) is 1.22. The number of carbonyl (C=O) groups excluding carboxylic acids is 2. The SMILES string of the molecule is COCCCN(CC(C)C(=O)OC)C(=O)C(F)(F)F. The summed E-state index contributed by atoms with van der Waals surface area (Å²) in [6, 6.07) is 0. The third kappa shape index (κ3) is 6.42. The van der Waals surface area contributed by atoms with Crippen molar-refractivity contribution < 1.29 is 32.2 Å². The fraction of sp³-hybridized carbons (Fsp3) is 0.818. The minimum absolute atomic E-state index is 0.131. The van der Waals surface area contributed by atoms with Gasteiger partial charge in [0, 0.05) is 26.8 Å². The largest absolute Gasteiger partial charge is 0.471 e. The summed E-state index contributed by atoms with van der Waals surface area (Å²) in [5, 5.41) is 0. The van der Waals surface area contributed by atoms with Gasteiger partial charge in [-0.05, 0) is 6.42 Å². The number of alkyl halides is 3. The first-order chi connectivity index (χ1) is 8.73. The molecule has 0 spiro atoms. The number of methoxy groups -OCH3 is 2. The zero-order valence-electron chi connectivity index (χ0n) is 11.1. The topological polar surface area (TPSA) is 55.8 Å². The van der Waals surface area contributed by atoms with Crippen LogP contribution >= 0.6 is 0 Å². The van der Waals surface area contributed by atoms with Crippen LogP contribution in [0.3, 0.4) is 0 Å². The van der Waals surface area contributed by atoms with Crippen molar-refractivity contribution >= 4 is 11.9 Å². The fourth-order valence-corrected chi connectivity index (χ4v) is 1.46. The lowest BCUT2D eigenvalue weighted by molar-refractivity contribution is -0.186. The summed E-state index contributed by atoms with van der Waals surface area (Å²) in [7, 11) is 2.55. The Morgan fingerprint density at radius 3 is 2.26 bits per heavy atom. The van der Waals surface area contributed by atoms with Crippen molar-refractivity contribution in [1.29, 1.82) is 0 Å². The Hall–Kier alpha value is -1.31. The average Bonchev–Trinajstić information content (AvgIpc) is 2.34. The van der Waals surface area contributed by atoms with E-state index in [0.717, 1.165) is 7.11 Å². The van der Waals surface area contributed by atoms with Crippen LogP contribution in [-0.4, -0.2) is 56.9 Å². The van der Waals surface area contributed by atoms with Crippen molar-refractivity contribution in [2.45, 2.75) is 19.5 Å². The lowest BCUT2D eigenvalue weighted by Crippen LogP contribution is -2.45. The molecule has 0 rings (SSSR count). The summed E-state index contributed by atoms with van der Waals surface area (Å²) in [5.41, 5.74) is 0. The molecule has 0 fully saturated rings. The summed E-state index contributed by atoms with van der Waals surface area (Å²) in [6.07, 6.45) is -4.70. The molecular weight excluding hydrogens is 267 g/mol. The lowest BCUT2D eigenvalue weighted by atomic mass is 10.1. The van der Waals surface area contributed by atoms with E-state index in [2.05, 4.69) is 4.74 Å². The Kier molecular flexibility index (Phi) is 7.43. The molecule has 1 unspecified atom stereocenters. The van der Waals surface area contributed by atoms with Crippen molar-refractivity contribution in [2.75, 3.05) is 33.9 Å². The first-order valence-corrected chi connectivity index (χ1v) is 5.66. The maximum atomic E-state index is 12.4. The second-order valence-corrected chi connectivity index (χ2v) is 4.02. The van der Waals surface area contributed by atoms with Crippen LogP contribution in [0.15, 0.2) is 0 Å². The molecule has 0 aromatic heterocycles. The Balaban J connectivity index is 4.67. The maximum absolute atomic E-state index is 12.4. The van der Waals surface area contributed by atoms with E-state index in [1.54, 1.807) is 0 Å². The number of esters is 1. The van der Waals surface area contributed by atoms with Crippen LogP contribution in [0.4, 0.5) is 13.2 Å². The van der Waals surface area contributed by atoms with Crippen molar-refractivity contribution in [2.24, 2.45) is 5.92 Å². The summed E-state index contributed by atoms with van der Waals surface area (Å²) < 4.78 is 46.4. The third-order valence-corrected chi connectivity index (χ3v) is 2.40. The highest BCUT2D eigenvalue weighted by Crippen LogP contribution is 2.19. The number of rotatable bonds is 7. The Morgan fingerprint density at radius 1 is 1.26 bits per heavy atom. The van der Waals surface area contributed by atoms with Gasteiger partial charge in [0.25, 0.3) is 0 Å². The van der Waals surface area contributed by atoms with Crippen LogP contribution in [0.25, 0.3) is 0 Å². The molecule has 5 nitrogen and oxygen atoms in total. The zero-order chi connectivity index (χ0) is 15.1. The van der Waals surface area contributed by atoms with Gasteiger partial charge in [0.1, 0.15) is 0 Å². The van der Waals surface area contributed by atoms with Gasteiger partial charge in [0.05, 0.1) is 13.0 Å². The number of halogens is 3. The summed E-state index contributed by atoms with van der Waals surface area (Å²) >= 11 is 0. The smallest absolute Gasteiger partial charge is 0.469 e. The normalized spacial score (nSPS) is 12.9. The molecule has 0 bridgehead atoms. The third-order valence-electron chi connectivity index (χ3n) is 2.40. The standard InChI is InChI=1S/C11H18F3NO4/c1-8(9(16)19-3)7-15(5-4-6-18-2)10(17)11(12,13)14/h8H,4-7H2,1-3H3. The highest BCUT2D eigenvalue weighted by Gasteiger charge is 2.42. The van der Waals surface area contributed by atoms with Gasteiger partial charge in [-0.3, -0.25) is 9.59 Å². The summed E-state index contributed by atoms with van der Waals surface area (Å²) in [5.74, 6) is -3.44. The van der Waals surface area contributed by atoms with Gasteiger partial charge in [-0.1, -0.05) is 6.92 Å². The molecule has 0 saturated carbocycles. The van der Waals surface area contributed by atoms with Crippen molar-refractivity contribution in [3.63, 3.8) is 0 Å². The number of nitrogens with zero attached hydrogens (tertiary/aromatic N) is 1. The van der Waals surface area contributed by atoms with E-state index in [4.69, 9.17) is 4.74 Å². The van der Waals surface area contributed by atoms with E-state index in [1.807, 2.05) is 0 Å². The number of amides is 1. The molecule has 0 aliphatic rings. The highest BCUT2D eigenvalue weighted by molar-refractivity contribution is 5.82. The molecule has 0 N–H and O–H groups in total. The molecule has 1 amide bonds. The van der Waals surface area contributed by atoms with E-state index in [-0.39, 0.29) is 26.1 Å². The molecule has 0 aliphatic carbocycles. The fourth-order valence-electron chi connectivity index (χ4n) is 1.46. The van der Waals surface area contributed by atoms with Gasteiger partial charge in [-0.2, -0.15) is 13.2 Å². The van der Waals surface area contributed by atoms with Crippen molar-refractivity contribution in [3.8, 4) is 0 Å². The van der Waals surface area contributed by atoms with Crippen LogP contribution in [0.5, 0.6) is 0 Å². The molecule has 0 aromatic rings. The first kappa shape index (κ1) is 17.7. The average molecular weight is 285 g/mol. The van der Waals surface area contributed by atoms with E-state index in [1.165, 1.54) is 14.0 Å². The molecule has 0 saturated heterocycles. The minimum atomic E-state index is -4.96. The molecule has 0 aromatic carbocycles. The van der Waals surface area contributed by atoms with Gasteiger partial charge in [0.15, 0.2) is 0 Å². The summed E-state index contributed by atoms with van der Waals surface area (Å²) in [6.45, 7) is 1.16. The number of hydrogen-bond donors (Lipinski definition) is 0. The molecule has 0 aliphatic heterocycles. The minimum Gasteiger partial charge on any atom is -0.469 e. The molecular formula is C11H18F3NO4. The van der Waals surface area contributed by atoms with Crippen LogP contribution in [0, 0.1) is 5.92 Å². The van der Waals surface area contributed by atoms with Crippen LogP contribution in [-0.2, 0) is 19.1 Å². The quantitative estimate of drug-likeness (QED) is 0.521. The maximum Gasteiger partial charge on any atom is 0.471 e. The van der Waals surface area contributed by atoms with Crippen molar-refractivity contribution in [3.05, 3.63) is 0 Å². The van der Waals surface area contributed by atoms with Crippen molar-refractivity contribution in [1.82, 2.24) is 4.90 Å². The second kappa shape index (κ2) is 7.98. The van der Waals surface area contributed by atoms with E-state index < -0.39 is 24.0 Å². The molecule has 1 atom stereocenters. The molecule has 0 radical (unpaired) electrons. The number of ether oxygens (including phenoxy) is 2. The van der Waals surface area contributed by atoms with Gasteiger partial charge in [-0.15, -0.1) is 0 Å². The van der Waals surface area contributed by atoms with Crippen LogP contribution in [0.2, 0.25) is 0 Å². The van der Waals surface area contributed by atoms with E-state index in [0.29, 0.717) is 4.90 Å². The molecule has 8 heteroatoms. The number of hydrogen-bond acceptors (Lipinski definition) is 4. The van der Waals surface area contributed by atoms with Gasteiger partial charge in [0.2, 0.25) is 0 Å². The van der Waals surface area contributed by atoms with Gasteiger partial charge < -0.3 is 14.4 Å². The van der Waals surface area contributed by atoms with Gasteiger partial charge in [-0.25, -0.2) is 0 Å². The highest BCUT2D eigenvalue weighted by atomic mass is 19.4. The van der Waals surface area contributed by atoms with E-state index >= 15 is 0 Å². The zero-order valence-corrected chi connectivity index (χ0v) is 11.1. The second-order valence-electron chi connectivity index (χ2n) is 4.02. The summed E-state index contributed by atoms with van der Waals surface area (Å²) in [4.78, 5) is 23.0. The monoisotopic (exact) mass is 285 g/mol. The Bertz CT molecular complexity index is 307. The van der Waals surface area contributed by atoms with E-state index in [9.17, 15) is 22.8 Å². The molecule has 0 heterocycles. The number of carbonyl (C=O) groups is 2. The lowest BCUT2D eigenvalue weighted by Gasteiger charge is -2.25. The Labute approximate surface area is 109 Å². The first-order valence-electron chi connectivity index (χ1n) is 5.66. The van der Waals surface area contributed by atoms with Crippen LogP contribution in [0.1, 0.15) is 13.3 Å².